The lowest BCUT2D eigenvalue weighted by Gasteiger charge is -2.38. The van der Waals surface area contributed by atoms with Crippen LogP contribution >= 0.6 is 0 Å². The standard InChI is InChI=1S/C31H34N6O2/c1-39-31(38)28(24-26-14-7-3-8-15-26)37-30(32-33-34-37)29(27-17-9-4-10-18-27)36-22-20-35(21-23-36)19-11-16-25-12-5-2-6-13-25/h2-18,28-29H,19-24H2,1H3. The molecule has 39 heavy (non-hydrogen) atoms. The molecule has 2 unspecified atom stereocenters. The third-order valence-corrected chi connectivity index (χ3v) is 7.16. The molecule has 0 saturated carbocycles. The van der Waals surface area contributed by atoms with Crippen LogP contribution in [0.4, 0.5) is 0 Å². The molecule has 2 atom stereocenters. The fourth-order valence-corrected chi connectivity index (χ4v) is 5.11. The fraction of sp³-hybridized carbons (Fsp3) is 0.290. The Morgan fingerprint density at radius 2 is 1.54 bits per heavy atom. The van der Waals surface area contributed by atoms with E-state index in [1.807, 2.05) is 54.6 Å². The molecule has 4 aromatic rings. The topological polar surface area (TPSA) is 76.4 Å². The molecule has 1 aliphatic rings. The Morgan fingerprint density at radius 3 is 2.21 bits per heavy atom. The van der Waals surface area contributed by atoms with Gasteiger partial charge in [-0.25, -0.2) is 9.48 Å². The zero-order chi connectivity index (χ0) is 26.9. The van der Waals surface area contributed by atoms with E-state index < -0.39 is 6.04 Å². The molecule has 200 valence electrons. The van der Waals surface area contributed by atoms with Crippen molar-refractivity contribution in [3.63, 3.8) is 0 Å². The van der Waals surface area contributed by atoms with Crippen molar-refractivity contribution in [2.24, 2.45) is 0 Å². The van der Waals surface area contributed by atoms with Crippen LogP contribution in [0, 0.1) is 0 Å². The molecule has 0 radical (unpaired) electrons. The van der Waals surface area contributed by atoms with E-state index in [9.17, 15) is 4.79 Å². The molecule has 8 heteroatoms. The van der Waals surface area contributed by atoms with Crippen molar-refractivity contribution in [1.82, 2.24) is 30.0 Å². The van der Waals surface area contributed by atoms with Crippen molar-refractivity contribution in [3.05, 3.63) is 120 Å². The summed E-state index contributed by atoms with van der Waals surface area (Å²) in [6, 6.07) is 29.7. The van der Waals surface area contributed by atoms with E-state index in [1.165, 1.54) is 12.7 Å². The van der Waals surface area contributed by atoms with Gasteiger partial charge in [0.15, 0.2) is 11.9 Å². The minimum absolute atomic E-state index is 0.189. The molecule has 0 amide bonds. The maximum Gasteiger partial charge on any atom is 0.331 e. The number of methoxy groups -OCH3 is 1. The summed E-state index contributed by atoms with van der Waals surface area (Å²) in [6.45, 7) is 4.46. The van der Waals surface area contributed by atoms with Crippen LogP contribution in [-0.4, -0.2) is 75.8 Å². The summed E-state index contributed by atoms with van der Waals surface area (Å²) >= 11 is 0. The van der Waals surface area contributed by atoms with E-state index in [-0.39, 0.29) is 12.0 Å². The van der Waals surface area contributed by atoms with Gasteiger partial charge in [-0.3, -0.25) is 9.80 Å². The maximum absolute atomic E-state index is 13.0. The third-order valence-electron chi connectivity index (χ3n) is 7.16. The van der Waals surface area contributed by atoms with Gasteiger partial charge in [-0.2, -0.15) is 0 Å². The van der Waals surface area contributed by atoms with Gasteiger partial charge in [0.1, 0.15) is 0 Å². The van der Waals surface area contributed by atoms with Crippen molar-refractivity contribution in [3.8, 4) is 0 Å². The molecule has 1 saturated heterocycles. The second kappa shape index (κ2) is 13.1. The highest BCUT2D eigenvalue weighted by molar-refractivity contribution is 5.74. The summed E-state index contributed by atoms with van der Waals surface area (Å²) < 4.78 is 6.85. The molecule has 3 aromatic carbocycles. The first kappa shape index (κ1) is 26.5. The molecule has 0 spiro atoms. The zero-order valence-corrected chi connectivity index (χ0v) is 22.2. The molecule has 5 rings (SSSR count). The van der Waals surface area contributed by atoms with Gasteiger partial charge in [-0.15, -0.1) is 5.10 Å². The van der Waals surface area contributed by atoms with Crippen molar-refractivity contribution in [2.45, 2.75) is 18.5 Å². The number of benzene rings is 3. The zero-order valence-electron chi connectivity index (χ0n) is 22.2. The predicted octanol–water partition coefficient (Wildman–Crippen LogP) is 4.05. The molecule has 0 aliphatic carbocycles. The molecular weight excluding hydrogens is 488 g/mol. The lowest BCUT2D eigenvalue weighted by atomic mass is 10.0. The van der Waals surface area contributed by atoms with E-state index >= 15 is 0 Å². The van der Waals surface area contributed by atoms with E-state index in [1.54, 1.807) is 4.68 Å². The lowest BCUT2D eigenvalue weighted by Crippen LogP contribution is -2.48. The second-order valence-electron chi connectivity index (χ2n) is 9.67. The van der Waals surface area contributed by atoms with Crippen molar-refractivity contribution < 1.29 is 9.53 Å². The third kappa shape index (κ3) is 6.66. The highest BCUT2D eigenvalue weighted by Gasteiger charge is 2.34. The van der Waals surface area contributed by atoms with Gasteiger partial charge in [0.25, 0.3) is 0 Å². The Hall–Kier alpha value is -4.14. The highest BCUT2D eigenvalue weighted by atomic mass is 16.5. The monoisotopic (exact) mass is 522 g/mol. The van der Waals surface area contributed by atoms with E-state index in [2.05, 4.69) is 73.9 Å². The number of tetrazole rings is 1. The first-order chi connectivity index (χ1) is 19.2. The van der Waals surface area contributed by atoms with Gasteiger partial charge >= 0.3 is 5.97 Å². The van der Waals surface area contributed by atoms with Gasteiger partial charge in [-0.05, 0) is 27.1 Å². The summed E-state index contributed by atoms with van der Waals surface area (Å²) in [6.07, 6.45) is 4.84. The van der Waals surface area contributed by atoms with Crippen LogP contribution in [-0.2, 0) is 16.0 Å². The molecule has 0 bridgehead atoms. The van der Waals surface area contributed by atoms with Crippen molar-refractivity contribution >= 4 is 12.0 Å². The Labute approximate surface area is 229 Å². The first-order valence-corrected chi connectivity index (χ1v) is 13.4. The Kier molecular flexibility index (Phi) is 8.88. The molecule has 8 nitrogen and oxygen atoms in total. The molecular formula is C31H34N6O2. The van der Waals surface area contributed by atoms with Crippen LogP contribution in [0.2, 0.25) is 0 Å². The van der Waals surface area contributed by atoms with Gasteiger partial charge in [0.05, 0.1) is 13.2 Å². The minimum Gasteiger partial charge on any atom is -0.467 e. The molecule has 1 aromatic heterocycles. The number of nitrogens with zero attached hydrogens (tertiary/aromatic N) is 6. The fourth-order valence-electron chi connectivity index (χ4n) is 5.11. The van der Waals surface area contributed by atoms with Gasteiger partial charge in [0.2, 0.25) is 0 Å². The minimum atomic E-state index is -0.668. The predicted molar refractivity (Wildman–Crippen MR) is 151 cm³/mol. The van der Waals surface area contributed by atoms with E-state index in [0.29, 0.717) is 12.2 Å². The van der Waals surface area contributed by atoms with Gasteiger partial charge < -0.3 is 4.74 Å². The normalized spacial score (nSPS) is 16.2. The molecule has 2 heterocycles. The van der Waals surface area contributed by atoms with E-state index in [0.717, 1.165) is 43.9 Å². The van der Waals surface area contributed by atoms with Crippen LogP contribution in [0.15, 0.2) is 97.1 Å². The summed E-state index contributed by atoms with van der Waals surface area (Å²) in [4.78, 5) is 17.8. The summed E-state index contributed by atoms with van der Waals surface area (Å²) in [7, 11) is 1.41. The molecule has 1 fully saturated rings. The first-order valence-electron chi connectivity index (χ1n) is 13.4. The van der Waals surface area contributed by atoms with Crippen LogP contribution in [0.25, 0.3) is 6.08 Å². The summed E-state index contributed by atoms with van der Waals surface area (Å²) in [5, 5.41) is 12.8. The van der Waals surface area contributed by atoms with Crippen LogP contribution in [0.5, 0.6) is 0 Å². The van der Waals surface area contributed by atoms with Crippen LogP contribution in [0.3, 0.4) is 0 Å². The van der Waals surface area contributed by atoms with Gasteiger partial charge in [-0.1, -0.05) is 103 Å². The second-order valence-corrected chi connectivity index (χ2v) is 9.67. The number of aromatic nitrogens is 4. The van der Waals surface area contributed by atoms with Crippen LogP contribution < -0.4 is 0 Å². The summed E-state index contributed by atoms with van der Waals surface area (Å²) in [5.41, 5.74) is 3.32. The number of carbonyl (C=O) groups is 1. The average Bonchev–Trinajstić information content (AvgIpc) is 3.47. The lowest BCUT2D eigenvalue weighted by molar-refractivity contribution is -0.145. The average molecular weight is 523 g/mol. The number of ether oxygens (including phenoxy) is 1. The molecule has 0 N–H and O–H groups in total. The number of hydrogen-bond donors (Lipinski definition) is 0. The number of esters is 1. The van der Waals surface area contributed by atoms with Crippen LogP contribution in [0.1, 0.15) is 34.6 Å². The smallest absolute Gasteiger partial charge is 0.331 e. The summed E-state index contributed by atoms with van der Waals surface area (Å²) in [5.74, 6) is 0.277. The Bertz CT molecular complexity index is 1340. The quantitative estimate of drug-likeness (QED) is 0.291. The van der Waals surface area contributed by atoms with Gasteiger partial charge in [0, 0.05) is 39.1 Å². The van der Waals surface area contributed by atoms with E-state index in [4.69, 9.17) is 4.74 Å². The number of hydrogen-bond acceptors (Lipinski definition) is 7. The highest BCUT2D eigenvalue weighted by Crippen LogP contribution is 2.30. The largest absolute Gasteiger partial charge is 0.467 e. The number of piperazine rings is 1. The number of rotatable bonds is 10. The SMILES string of the molecule is COC(=O)C(Cc1ccccc1)n1nnnc1C(c1ccccc1)N1CCN(CC=Cc2ccccc2)CC1. The van der Waals surface area contributed by atoms with Crippen molar-refractivity contribution in [1.29, 1.82) is 0 Å². The maximum atomic E-state index is 13.0. The Morgan fingerprint density at radius 1 is 0.897 bits per heavy atom. The number of carbonyl (C=O) groups excluding carboxylic acids is 1. The molecule has 1 aliphatic heterocycles. The Balaban J connectivity index is 1.36. The van der Waals surface area contributed by atoms with Crippen molar-refractivity contribution in [2.75, 3.05) is 39.8 Å².